The van der Waals surface area contributed by atoms with Crippen LogP contribution in [0.25, 0.3) is 0 Å². The molecule has 0 spiro atoms. The number of benzene rings is 2. The van der Waals surface area contributed by atoms with E-state index in [0.717, 1.165) is 15.6 Å². The Morgan fingerprint density at radius 3 is 2.53 bits per heavy atom. The van der Waals surface area contributed by atoms with Gasteiger partial charge in [0.2, 0.25) is 0 Å². The van der Waals surface area contributed by atoms with Gasteiger partial charge in [-0.15, -0.1) is 0 Å². The lowest BCUT2D eigenvalue weighted by atomic mass is 10.2. The Kier molecular flexibility index (Phi) is 3.96. The molecule has 0 fully saturated rings. The van der Waals surface area contributed by atoms with E-state index in [4.69, 9.17) is 5.73 Å². The first-order valence-electron chi connectivity index (χ1n) is 5.72. The number of nitrogen functional groups attached to an aromatic ring is 1. The summed E-state index contributed by atoms with van der Waals surface area (Å²) < 4.78 is 25.5. The van der Waals surface area contributed by atoms with E-state index in [1.165, 1.54) is 0 Å². The van der Waals surface area contributed by atoms with Gasteiger partial charge in [0.05, 0.1) is 10.6 Å². The third kappa shape index (κ3) is 3.36. The van der Waals surface area contributed by atoms with Crippen molar-refractivity contribution in [3.8, 4) is 0 Å². The summed E-state index contributed by atoms with van der Waals surface area (Å²) in [4.78, 5) is 0.305. The summed E-state index contributed by atoms with van der Waals surface area (Å²) >= 11 is 3.34. The minimum atomic E-state index is -3.35. The smallest absolute Gasteiger partial charge is 0.182 e. The number of aryl methyl sites for hydroxylation is 1. The molecular formula is C14H14BrNO2S. The van der Waals surface area contributed by atoms with Crippen molar-refractivity contribution in [2.45, 2.75) is 17.6 Å². The Bertz CT molecular complexity index is 711. The summed E-state index contributed by atoms with van der Waals surface area (Å²) in [6.07, 6.45) is 0. The fourth-order valence-corrected chi connectivity index (χ4v) is 3.63. The monoisotopic (exact) mass is 339 g/mol. The van der Waals surface area contributed by atoms with Crippen LogP contribution in [0, 0.1) is 6.92 Å². The fourth-order valence-electron chi connectivity index (χ4n) is 1.77. The molecule has 0 saturated carbocycles. The zero-order valence-electron chi connectivity index (χ0n) is 10.4. The van der Waals surface area contributed by atoms with Crippen LogP contribution in [0.2, 0.25) is 0 Å². The average Bonchev–Trinajstić information content (AvgIpc) is 2.32. The molecule has 0 radical (unpaired) electrons. The first-order valence-corrected chi connectivity index (χ1v) is 8.16. The van der Waals surface area contributed by atoms with Crippen LogP contribution in [-0.4, -0.2) is 8.42 Å². The van der Waals surface area contributed by atoms with Crippen molar-refractivity contribution in [2.24, 2.45) is 0 Å². The quantitative estimate of drug-likeness (QED) is 0.872. The van der Waals surface area contributed by atoms with Crippen LogP contribution in [0.3, 0.4) is 0 Å². The summed E-state index contributed by atoms with van der Waals surface area (Å²) in [7, 11) is -3.35. The van der Waals surface area contributed by atoms with Gasteiger partial charge in [0.1, 0.15) is 0 Å². The van der Waals surface area contributed by atoms with E-state index < -0.39 is 9.84 Å². The van der Waals surface area contributed by atoms with Gasteiger partial charge in [-0.3, -0.25) is 0 Å². The summed E-state index contributed by atoms with van der Waals surface area (Å²) in [6, 6.07) is 12.1. The molecule has 0 aliphatic heterocycles. The predicted molar refractivity (Wildman–Crippen MR) is 80.6 cm³/mol. The molecule has 5 heteroatoms. The number of sulfone groups is 1. The SMILES string of the molecule is Cc1cc(S(=O)(=O)Cc2cccc(Br)c2)ccc1N. The molecule has 2 aromatic carbocycles. The highest BCUT2D eigenvalue weighted by Gasteiger charge is 2.16. The maximum absolute atomic E-state index is 12.3. The van der Waals surface area contributed by atoms with Gasteiger partial charge in [0.25, 0.3) is 0 Å². The summed E-state index contributed by atoms with van der Waals surface area (Å²) in [5.74, 6) is -0.0181. The standard InChI is InChI=1S/C14H14BrNO2S/c1-10-7-13(5-6-14(10)16)19(17,18)9-11-3-2-4-12(15)8-11/h2-8H,9,16H2,1H3. The topological polar surface area (TPSA) is 60.2 Å². The molecule has 0 aliphatic rings. The fraction of sp³-hybridized carbons (Fsp3) is 0.143. The lowest BCUT2D eigenvalue weighted by molar-refractivity contribution is 0.595. The molecular weight excluding hydrogens is 326 g/mol. The largest absolute Gasteiger partial charge is 0.399 e. The van der Waals surface area contributed by atoms with Crippen LogP contribution in [0.5, 0.6) is 0 Å². The maximum atomic E-state index is 12.3. The lowest BCUT2D eigenvalue weighted by Gasteiger charge is -2.07. The summed E-state index contributed by atoms with van der Waals surface area (Å²) in [5.41, 5.74) is 7.83. The second kappa shape index (κ2) is 5.35. The molecule has 0 unspecified atom stereocenters. The van der Waals surface area contributed by atoms with E-state index in [1.54, 1.807) is 31.2 Å². The molecule has 3 nitrogen and oxygen atoms in total. The normalized spacial score (nSPS) is 11.5. The highest BCUT2D eigenvalue weighted by Crippen LogP contribution is 2.22. The third-order valence-electron chi connectivity index (χ3n) is 2.85. The Balaban J connectivity index is 2.35. The second-order valence-corrected chi connectivity index (χ2v) is 7.31. The van der Waals surface area contributed by atoms with Crippen LogP contribution in [0.1, 0.15) is 11.1 Å². The molecule has 0 aromatic heterocycles. The maximum Gasteiger partial charge on any atom is 0.182 e. The third-order valence-corrected chi connectivity index (χ3v) is 5.02. The molecule has 2 aromatic rings. The molecule has 0 aliphatic carbocycles. The molecule has 19 heavy (non-hydrogen) atoms. The highest BCUT2D eigenvalue weighted by molar-refractivity contribution is 9.10. The van der Waals surface area contributed by atoms with E-state index in [2.05, 4.69) is 15.9 Å². The van der Waals surface area contributed by atoms with Crippen LogP contribution in [0.15, 0.2) is 51.8 Å². The number of hydrogen-bond acceptors (Lipinski definition) is 3. The van der Waals surface area contributed by atoms with Crippen molar-refractivity contribution >= 4 is 31.5 Å². The van der Waals surface area contributed by atoms with Gasteiger partial charge in [-0.2, -0.15) is 0 Å². The van der Waals surface area contributed by atoms with Gasteiger partial charge in [0.15, 0.2) is 9.84 Å². The van der Waals surface area contributed by atoms with E-state index >= 15 is 0 Å². The van der Waals surface area contributed by atoms with E-state index in [-0.39, 0.29) is 5.75 Å². The molecule has 0 saturated heterocycles. The summed E-state index contributed by atoms with van der Waals surface area (Å²) in [6.45, 7) is 1.80. The van der Waals surface area contributed by atoms with Crippen molar-refractivity contribution in [3.63, 3.8) is 0 Å². The number of nitrogens with two attached hydrogens (primary N) is 1. The Morgan fingerprint density at radius 1 is 1.16 bits per heavy atom. The minimum absolute atomic E-state index is 0.0181. The number of hydrogen-bond donors (Lipinski definition) is 1. The van der Waals surface area contributed by atoms with Crippen molar-refractivity contribution in [1.82, 2.24) is 0 Å². The van der Waals surface area contributed by atoms with Gasteiger partial charge < -0.3 is 5.73 Å². The first-order chi connectivity index (χ1) is 8.88. The van der Waals surface area contributed by atoms with E-state index in [0.29, 0.717) is 10.6 Å². The number of halogens is 1. The van der Waals surface area contributed by atoms with Crippen LogP contribution in [-0.2, 0) is 15.6 Å². The molecule has 0 atom stereocenters. The zero-order valence-corrected chi connectivity index (χ0v) is 12.8. The number of rotatable bonds is 3. The van der Waals surface area contributed by atoms with Crippen LogP contribution < -0.4 is 5.73 Å². The molecule has 0 amide bonds. The zero-order chi connectivity index (χ0) is 14.0. The summed E-state index contributed by atoms with van der Waals surface area (Å²) in [5, 5.41) is 0. The van der Waals surface area contributed by atoms with Gasteiger partial charge in [-0.1, -0.05) is 28.1 Å². The van der Waals surface area contributed by atoms with Crippen molar-refractivity contribution in [3.05, 3.63) is 58.1 Å². The van der Waals surface area contributed by atoms with Gasteiger partial charge in [-0.25, -0.2) is 8.42 Å². The van der Waals surface area contributed by atoms with Crippen molar-refractivity contribution in [2.75, 3.05) is 5.73 Å². The second-order valence-electron chi connectivity index (χ2n) is 4.41. The first kappa shape index (κ1) is 14.1. The Morgan fingerprint density at radius 2 is 1.89 bits per heavy atom. The molecule has 0 heterocycles. The molecule has 0 bridgehead atoms. The van der Waals surface area contributed by atoms with E-state index in [1.807, 2.05) is 18.2 Å². The molecule has 100 valence electrons. The lowest BCUT2D eigenvalue weighted by Crippen LogP contribution is -2.06. The highest BCUT2D eigenvalue weighted by atomic mass is 79.9. The molecule has 2 N–H and O–H groups in total. The Labute approximate surface area is 121 Å². The van der Waals surface area contributed by atoms with Crippen molar-refractivity contribution in [1.29, 1.82) is 0 Å². The van der Waals surface area contributed by atoms with Gasteiger partial charge in [-0.05, 0) is 48.4 Å². The predicted octanol–water partition coefficient (Wildman–Crippen LogP) is 3.31. The van der Waals surface area contributed by atoms with Crippen LogP contribution >= 0.6 is 15.9 Å². The molecule has 2 rings (SSSR count). The Hall–Kier alpha value is -1.33. The number of anilines is 1. The van der Waals surface area contributed by atoms with Gasteiger partial charge >= 0.3 is 0 Å². The average molecular weight is 340 g/mol. The van der Waals surface area contributed by atoms with Gasteiger partial charge in [0, 0.05) is 10.2 Å². The van der Waals surface area contributed by atoms with Crippen LogP contribution in [0.4, 0.5) is 5.69 Å². The van der Waals surface area contributed by atoms with E-state index in [9.17, 15) is 8.42 Å². The minimum Gasteiger partial charge on any atom is -0.399 e. The van der Waals surface area contributed by atoms with Crippen molar-refractivity contribution < 1.29 is 8.42 Å².